The van der Waals surface area contributed by atoms with Crippen molar-refractivity contribution in [1.29, 1.82) is 0 Å². The van der Waals surface area contributed by atoms with Gasteiger partial charge in [0.1, 0.15) is 0 Å². The summed E-state index contributed by atoms with van der Waals surface area (Å²) in [5.41, 5.74) is -0.0472. The highest BCUT2D eigenvalue weighted by molar-refractivity contribution is 14.0. The lowest BCUT2D eigenvalue weighted by Crippen LogP contribution is -2.48. The molecule has 1 unspecified atom stereocenters. The van der Waals surface area contributed by atoms with Crippen molar-refractivity contribution in [3.05, 3.63) is 0 Å². The van der Waals surface area contributed by atoms with E-state index in [-0.39, 0.29) is 29.5 Å². The number of halogens is 1. The molecule has 1 rings (SSSR count). The minimum absolute atomic E-state index is 0. The first-order valence-electron chi connectivity index (χ1n) is 7.23. The fourth-order valence-electron chi connectivity index (χ4n) is 1.57. The summed E-state index contributed by atoms with van der Waals surface area (Å²) in [5, 5.41) is 16.3. The fourth-order valence-corrected chi connectivity index (χ4v) is 1.57. The summed E-state index contributed by atoms with van der Waals surface area (Å²) < 4.78 is 5.45. The molecule has 0 bridgehead atoms. The van der Waals surface area contributed by atoms with Crippen LogP contribution in [0.25, 0.3) is 0 Å². The normalized spacial score (nSPS) is 17.4. The van der Waals surface area contributed by atoms with Crippen molar-refractivity contribution in [3.63, 3.8) is 0 Å². The molecule has 0 aromatic rings. The van der Waals surface area contributed by atoms with Gasteiger partial charge in [0.05, 0.1) is 19.3 Å². The van der Waals surface area contributed by atoms with E-state index in [1.54, 1.807) is 0 Å². The molecule has 6 heteroatoms. The van der Waals surface area contributed by atoms with Gasteiger partial charge in [0.15, 0.2) is 5.96 Å². The number of hydrogen-bond acceptors (Lipinski definition) is 3. The summed E-state index contributed by atoms with van der Waals surface area (Å²) in [6.45, 7) is 10.6. The Kier molecular flexibility index (Phi) is 9.74. The van der Waals surface area contributed by atoms with Crippen LogP contribution in [-0.4, -0.2) is 49.0 Å². The number of aliphatic imine (C=N–C) groups is 1. The number of aliphatic hydroxyl groups is 1. The number of ether oxygens (including phenoxy) is 1. The first-order valence-corrected chi connectivity index (χ1v) is 7.23. The molecule has 1 saturated carbocycles. The maximum absolute atomic E-state index is 9.81. The summed E-state index contributed by atoms with van der Waals surface area (Å²) in [6.07, 6.45) is 2.01. The molecule has 0 aromatic heterocycles. The molecule has 0 aliphatic heterocycles. The Balaban J connectivity index is 0.00000361. The predicted octanol–water partition coefficient (Wildman–Crippen LogP) is 1.75. The third-order valence-electron chi connectivity index (χ3n) is 2.66. The summed E-state index contributed by atoms with van der Waals surface area (Å²) in [7, 11) is 0. The highest BCUT2D eigenvalue weighted by Gasteiger charge is 2.21. The van der Waals surface area contributed by atoms with Crippen LogP contribution in [0, 0.1) is 5.92 Å². The highest BCUT2D eigenvalue weighted by atomic mass is 127. The molecule has 1 aliphatic rings. The third kappa shape index (κ3) is 10.7. The molecule has 0 heterocycles. The van der Waals surface area contributed by atoms with Gasteiger partial charge >= 0.3 is 0 Å². The molecule has 0 spiro atoms. The van der Waals surface area contributed by atoms with Crippen LogP contribution in [0.1, 0.15) is 40.5 Å². The standard InChI is InChI=1S/C14H29N3O2.HI/c1-5-15-13(17-14(2,3)4)16-8-12(18)10-19-9-11-6-7-11;/h11-12,18H,5-10H2,1-4H3,(H2,15,16,17);1H. The maximum Gasteiger partial charge on any atom is 0.191 e. The van der Waals surface area contributed by atoms with Crippen LogP contribution in [0.5, 0.6) is 0 Å². The quantitative estimate of drug-likeness (QED) is 0.347. The maximum atomic E-state index is 9.81. The SMILES string of the molecule is CCNC(=NCC(O)COCC1CC1)NC(C)(C)C.I. The Morgan fingerprint density at radius 3 is 2.55 bits per heavy atom. The topological polar surface area (TPSA) is 65.9 Å². The van der Waals surface area contributed by atoms with Crippen LogP contribution < -0.4 is 10.6 Å². The second-order valence-electron chi connectivity index (χ2n) is 6.23. The first kappa shape index (κ1) is 19.9. The largest absolute Gasteiger partial charge is 0.389 e. The lowest BCUT2D eigenvalue weighted by molar-refractivity contribution is 0.0368. The van der Waals surface area contributed by atoms with Gasteiger partial charge in [0.25, 0.3) is 0 Å². The van der Waals surface area contributed by atoms with Gasteiger partial charge in [-0.25, -0.2) is 0 Å². The summed E-state index contributed by atoms with van der Waals surface area (Å²) >= 11 is 0. The molecule has 5 nitrogen and oxygen atoms in total. The fraction of sp³-hybridized carbons (Fsp3) is 0.929. The smallest absolute Gasteiger partial charge is 0.191 e. The van der Waals surface area contributed by atoms with Crippen LogP contribution in [0.4, 0.5) is 0 Å². The van der Waals surface area contributed by atoms with E-state index < -0.39 is 6.10 Å². The van der Waals surface area contributed by atoms with Gasteiger partial charge in [-0.05, 0) is 46.5 Å². The van der Waals surface area contributed by atoms with Gasteiger partial charge in [0, 0.05) is 18.7 Å². The van der Waals surface area contributed by atoms with Crippen molar-refractivity contribution in [2.75, 3.05) is 26.3 Å². The van der Waals surface area contributed by atoms with E-state index >= 15 is 0 Å². The number of nitrogens with zero attached hydrogens (tertiary/aromatic N) is 1. The lowest BCUT2D eigenvalue weighted by atomic mass is 10.1. The molecule has 20 heavy (non-hydrogen) atoms. The van der Waals surface area contributed by atoms with Crippen LogP contribution in [0.2, 0.25) is 0 Å². The average Bonchev–Trinajstić information content (AvgIpc) is 3.08. The Labute approximate surface area is 140 Å². The zero-order chi connectivity index (χ0) is 14.3. The molecule has 0 radical (unpaired) electrons. The van der Waals surface area contributed by atoms with Gasteiger partial charge in [-0.3, -0.25) is 4.99 Å². The minimum atomic E-state index is -0.533. The minimum Gasteiger partial charge on any atom is -0.389 e. The molecular weight excluding hydrogens is 369 g/mol. The summed E-state index contributed by atoms with van der Waals surface area (Å²) in [5.74, 6) is 1.46. The zero-order valence-electron chi connectivity index (χ0n) is 13.1. The molecule has 0 amide bonds. The number of rotatable bonds is 7. The number of aliphatic hydroxyl groups excluding tert-OH is 1. The molecule has 1 atom stereocenters. The number of guanidine groups is 1. The molecule has 0 aromatic carbocycles. The lowest BCUT2D eigenvalue weighted by Gasteiger charge is -2.24. The second kappa shape index (κ2) is 9.78. The molecule has 0 saturated heterocycles. The van der Waals surface area contributed by atoms with Gasteiger partial charge < -0.3 is 20.5 Å². The molecule has 120 valence electrons. The Morgan fingerprint density at radius 1 is 1.40 bits per heavy atom. The van der Waals surface area contributed by atoms with E-state index in [4.69, 9.17) is 4.74 Å². The molecule has 1 fully saturated rings. The van der Waals surface area contributed by atoms with Crippen molar-refractivity contribution in [2.45, 2.75) is 52.2 Å². The van der Waals surface area contributed by atoms with Crippen molar-refractivity contribution >= 4 is 29.9 Å². The zero-order valence-corrected chi connectivity index (χ0v) is 15.4. The van der Waals surface area contributed by atoms with Crippen LogP contribution in [0.3, 0.4) is 0 Å². The van der Waals surface area contributed by atoms with Crippen molar-refractivity contribution < 1.29 is 9.84 Å². The third-order valence-corrected chi connectivity index (χ3v) is 2.66. The summed E-state index contributed by atoms with van der Waals surface area (Å²) in [4.78, 5) is 4.38. The van der Waals surface area contributed by atoms with E-state index in [1.165, 1.54) is 12.8 Å². The second-order valence-corrected chi connectivity index (χ2v) is 6.23. The van der Waals surface area contributed by atoms with E-state index in [0.717, 1.165) is 25.0 Å². The van der Waals surface area contributed by atoms with E-state index in [9.17, 15) is 5.11 Å². The van der Waals surface area contributed by atoms with E-state index in [0.29, 0.717) is 13.2 Å². The number of hydrogen-bond donors (Lipinski definition) is 3. The van der Waals surface area contributed by atoms with Crippen LogP contribution in [-0.2, 0) is 4.74 Å². The monoisotopic (exact) mass is 399 g/mol. The Hall–Kier alpha value is -0.0800. The van der Waals surface area contributed by atoms with Gasteiger partial charge in [-0.2, -0.15) is 0 Å². The van der Waals surface area contributed by atoms with Gasteiger partial charge in [-0.1, -0.05) is 0 Å². The summed E-state index contributed by atoms with van der Waals surface area (Å²) in [6, 6.07) is 0. The van der Waals surface area contributed by atoms with Crippen LogP contribution >= 0.6 is 24.0 Å². The highest BCUT2D eigenvalue weighted by Crippen LogP contribution is 2.28. The van der Waals surface area contributed by atoms with E-state index in [2.05, 4.69) is 36.4 Å². The van der Waals surface area contributed by atoms with Crippen molar-refractivity contribution in [1.82, 2.24) is 10.6 Å². The van der Waals surface area contributed by atoms with E-state index in [1.807, 2.05) is 6.92 Å². The van der Waals surface area contributed by atoms with Gasteiger partial charge in [-0.15, -0.1) is 24.0 Å². The van der Waals surface area contributed by atoms with Crippen molar-refractivity contribution in [2.24, 2.45) is 10.9 Å². The average molecular weight is 399 g/mol. The molecular formula is C14H30IN3O2. The van der Waals surface area contributed by atoms with Crippen molar-refractivity contribution in [3.8, 4) is 0 Å². The Morgan fingerprint density at radius 2 is 2.05 bits per heavy atom. The predicted molar refractivity (Wildman–Crippen MR) is 93.8 cm³/mol. The molecule has 3 N–H and O–H groups in total. The first-order chi connectivity index (χ1) is 8.90. The number of nitrogens with one attached hydrogen (secondary N) is 2. The Bertz CT molecular complexity index is 289. The van der Waals surface area contributed by atoms with Gasteiger partial charge in [0.2, 0.25) is 0 Å². The molecule has 1 aliphatic carbocycles. The van der Waals surface area contributed by atoms with Crippen LogP contribution in [0.15, 0.2) is 4.99 Å².